The zero-order chi connectivity index (χ0) is 13.7. The maximum absolute atomic E-state index is 5.62. The third-order valence-electron chi connectivity index (χ3n) is 2.99. The van der Waals surface area contributed by atoms with Gasteiger partial charge in [-0.25, -0.2) is 9.97 Å². The molecule has 0 aliphatic carbocycles. The Bertz CT molecular complexity index is 527. The van der Waals surface area contributed by atoms with Crippen LogP contribution in [0, 0.1) is 6.92 Å². The summed E-state index contributed by atoms with van der Waals surface area (Å²) in [5, 5.41) is 0. The largest absolute Gasteiger partial charge is 0.481 e. The van der Waals surface area contributed by atoms with Crippen LogP contribution in [0.4, 0.5) is 0 Å². The SMILES string of the molecule is COc1cc(C(Cc2ccc(C)cc2)NN)ncn1. The predicted molar refractivity (Wildman–Crippen MR) is 73.5 cm³/mol. The van der Waals surface area contributed by atoms with Gasteiger partial charge >= 0.3 is 0 Å². The lowest BCUT2D eigenvalue weighted by molar-refractivity contribution is 0.393. The van der Waals surface area contributed by atoms with Crippen LogP contribution in [0.15, 0.2) is 36.7 Å². The standard InChI is InChI=1S/C14H18N4O/c1-10-3-5-11(6-4-10)7-13(18-15)12-8-14(19-2)17-9-16-12/h3-6,8-9,13,18H,7,15H2,1-2H3. The third kappa shape index (κ3) is 3.49. The second-order valence-corrected chi connectivity index (χ2v) is 4.39. The molecule has 0 bridgehead atoms. The summed E-state index contributed by atoms with van der Waals surface area (Å²) < 4.78 is 5.10. The Balaban J connectivity index is 2.17. The number of nitrogens with two attached hydrogens (primary N) is 1. The Morgan fingerprint density at radius 2 is 2.00 bits per heavy atom. The van der Waals surface area contributed by atoms with Crippen molar-refractivity contribution in [2.24, 2.45) is 5.84 Å². The molecule has 19 heavy (non-hydrogen) atoms. The van der Waals surface area contributed by atoms with E-state index in [2.05, 4.69) is 46.6 Å². The van der Waals surface area contributed by atoms with Gasteiger partial charge in [-0.2, -0.15) is 0 Å². The zero-order valence-corrected chi connectivity index (χ0v) is 11.1. The van der Waals surface area contributed by atoms with Crippen LogP contribution in [0.5, 0.6) is 5.88 Å². The van der Waals surface area contributed by atoms with E-state index in [1.807, 2.05) is 0 Å². The highest BCUT2D eigenvalue weighted by molar-refractivity contribution is 5.24. The van der Waals surface area contributed by atoms with Crippen molar-refractivity contribution >= 4 is 0 Å². The van der Waals surface area contributed by atoms with Crippen molar-refractivity contribution in [3.63, 3.8) is 0 Å². The Labute approximate surface area is 112 Å². The smallest absolute Gasteiger partial charge is 0.216 e. The fourth-order valence-electron chi connectivity index (χ4n) is 1.86. The highest BCUT2D eigenvalue weighted by Gasteiger charge is 2.13. The summed E-state index contributed by atoms with van der Waals surface area (Å²) >= 11 is 0. The summed E-state index contributed by atoms with van der Waals surface area (Å²) in [6.45, 7) is 2.07. The normalized spacial score (nSPS) is 12.2. The van der Waals surface area contributed by atoms with Crippen LogP contribution in [0.1, 0.15) is 22.9 Å². The summed E-state index contributed by atoms with van der Waals surface area (Å²) in [4.78, 5) is 8.23. The number of aryl methyl sites for hydroxylation is 1. The number of hydrogen-bond acceptors (Lipinski definition) is 5. The van der Waals surface area contributed by atoms with Crippen LogP contribution < -0.4 is 16.0 Å². The van der Waals surface area contributed by atoms with Gasteiger partial charge in [0.2, 0.25) is 5.88 Å². The van der Waals surface area contributed by atoms with Crippen molar-refractivity contribution in [1.82, 2.24) is 15.4 Å². The number of hydrazine groups is 1. The fourth-order valence-corrected chi connectivity index (χ4v) is 1.86. The van der Waals surface area contributed by atoms with Crippen molar-refractivity contribution in [3.8, 4) is 5.88 Å². The molecule has 5 nitrogen and oxygen atoms in total. The number of nitrogens with zero attached hydrogens (tertiary/aromatic N) is 2. The topological polar surface area (TPSA) is 73.1 Å². The molecular weight excluding hydrogens is 240 g/mol. The summed E-state index contributed by atoms with van der Waals surface area (Å²) in [6.07, 6.45) is 2.24. The average molecular weight is 258 g/mol. The van der Waals surface area contributed by atoms with Crippen molar-refractivity contribution < 1.29 is 4.74 Å². The molecule has 0 fully saturated rings. The first-order valence-corrected chi connectivity index (χ1v) is 6.10. The number of rotatable bonds is 5. The molecular formula is C14H18N4O. The predicted octanol–water partition coefficient (Wildman–Crippen LogP) is 1.54. The van der Waals surface area contributed by atoms with E-state index >= 15 is 0 Å². The second-order valence-electron chi connectivity index (χ2n) is 4.39. The molecule has 0 saturated heterocycles. The van der Waals surface area contributed by atoms with E-state index in [0.29, 0.717) is 5.88 Å². The van der Waals surface area contributed by atoms with Gasteiger partial charge in [-0.15, -0.1) is 0 Å². The molecule has 1 atom stereocenters. The highest BCUT2D eigenvalue weighted by atomic mass is 16.5. The number of ether oxygens (including phenoxy) is 1. The first-order valence-electron chi connectivity index (χ1n) is 6.10. The monoisotopic (exact) mass is 258 g/mol. The fraction of sp³-hybridized carbons (Fsp3) is 0.286. The van der Waals surface area contributed by atoms with Crippen LogP contribution in [0.3, 0.4) is 0 Å². The van der Waals surface area contributed by atoms with Crippen molar-refractivity contribution in [1.29, 1.82) is 0 Å². The Morgan fingerprint density at radius 3 is 2.63 bits per heavy atom. The molecule has 3 N–H and O–H groups in total. The number of benzene rings is 1. The maximum atomic E-state index is 5.62. The minimum atomic E-state index is -0.0698. The first kappa shape index (κ1) is 13.5. The molecule has 0 aliphatic rings. The van der Waals surface area contributed by atoms with Crippen molar-refractivity contribution in [2.45, 2.75) is 19.4 Å². The molecule has 0 aliphatic heterocycles. The van der Waals surface area contributed by atoms with Crippen LogP contribution in [-0.2, 0) is 6.42 Å². The van der Waals surface area contributed by atoms with Crippen molar-refractivity contribution in [2.75, 3.05) is 7.11 Å². The maximum Gasteiger partial charge on any atom is 0.216 e. The molecule has 0 amide bonds. The minimum Gasteiger partial charge on any atom is -0.481 e. The van der Waals surface area contributed by atoms with Gasteiger partial charge < -0.3 is 4.74 Å². The van der Waals surface area contributed by atoms with Gasteiger partial charge in [0.1, 0.15) is 6.33 Å². The van der Waals surface area contributed by atoms with Gasteiger partial charge in [-0.3, -0.25) is 11.3 Å². The van der Waals surface area contributed by atoms with E-state index in [1.54, 1.807) is 13.2 Å². The molecule has 5 heteroatoms. The molecule has 1 aromatic heterocycles. The number of aromatic nitrogens is 2. The minimum absolute atomic E-state index is 0.0698. The lowest BCUT2D eigenvalue weighted by Crippen LogP contribution is -2.30. The molecule has 2 aromatic rings. The number of methoxy groups -OCH3 is 1. The van der Waals surface area contributed by atoms with Gasteiger partial charge in [0.25, 0.3) is 0 Å². The summed E-state index contributed by atoms with van der Waals surface area (Å²) in [6, 6.07) is 10.1. The lowest BCUT2D eigenvalue weighted by Gasteiger charge is -2.15. The highest BCUT2D eigenvalue weighted by Crippen LogP contribution is 2.18. The van der Waals surface area contributed by atoms with E-state index in [4.69, 9.17) is 10.6 Å². The molecule has 0 saturated carbocycles. The molecule has 0 radical (unpaired) electrons. The Morgan fingerprint density at radius 1 is 1.26 bits per heavy atom. The van der Waals surface area contributed by atoms with E-state index in [0.717, 1.165) is 12.1 Å². The zero-order valence-electron chi connectivity index (χ0n) is 11.1. The summed E-state index contributed by atoms with van der Waals surface area (Å²) in [5.41, 5.74) is 6.04. The number of nitrogens with one attached hydrogen (secondary N) is 1. The molecule has 1 unspecified atom stereocenters. The first-order chi connectivity index (χ1) is 9.22. The molecule has 1 heterocycles. The van der Waals surface area contributed by atoms with Crippen molar-refractivity contribution in [3.05, 3.63) is 53.5 Å². The summed E-state index contributed by atoms with van der Waals surface area (Å²) in [7, 11) is 1.58. The third-order valence-corrected chi connectivity index (χ3v) is 2.99. The van der Waals surface area contributed by atoms with Gasteiger partial charge in [-0.1, -0.05) is 29.8 Å². The second kappa shape index (κ2) is 6.26. The van der Waals surface area contributed by atoms with Gasteiger partial charge in [0.15, 0.2) is 0 Å². The van der Waals surface area contributed by atoms with E-state index in [1.165, 1.54) is 17.5 Å². The summed E-state index contributed by atoms with van der Waals surface area (Å²) in [5.74, 6) is 6.16. The lowest BCUT2D eigenvalue weighted by atomic mass is 10.0. The quantitative estimate of drug-likeness (QED) is 0.628. The molecule has 1 aromatic carbocycles. The Kier molecular flexibility index (Phi) is 4.43. The van der Waals surface area contributed by atoms with Crippen LogP contribution in [-0.4, -0.2) is 17.1 Å². The van der Waals surface area contributed by atoms with E-state index in [-0.39, 0.29) is 6.04 Å². The van der Waals surface area contributed by atoms with Gasteiger partial charge in [-0.05, 0) is 18.9 Å². The van der Waals surface area contributed by atoms with Gasteiger partial charge in [0, 0.05) is 6.07 Å². The van der Waals surface area contributed by atoms with Crippen LogP contribution in [0.25, 0.3) is 0 Å². The number of hydrogen-bond donors (Lipinski definition) is 2. The molecule has 0 spiro atoms. The van der Waals surface area contributed by atoms with E-state index < -0.39 is 0 Å². The average Bonchev–Trinajstić information content (AvgIpc) is 2.46. The molecule has 100 valence electrons. The Hall–Kier alpha value is -1.98. The molecule has 2 rings (SSSR count). The van der Waals surface area contributed by atoms with Gasteiger partial charge in [0.05, 0.1) is 18.8 Å². The van der Waals surface area contributed by atoms with E-state index in [9.17, 15) is 0 Å². The van der Waals surface area contributed by atoms with Crippen LogP contribution in [0.2, 0.25) is 0 Å². The van der Waals surface area contributed by atoms with Crippen LogP contribution >= 0.6 is 0 Å².